The summed E-state index contributed by atoms with van der Waals surface area (Å²) in [5.74, 6) is -0.168. The molecule has 0 aliphatic carbocycles. The first-order valence-electron chi connectivity index (χ1n) is 10.8. The molecule has 1 amide bonds. The molecule has 2 aromatic carbocycles. The number of aromatic hydroxyl groups is 1. The number of fused-ring (bicyclic) bond motifs is 1. The summed E-state index contributed by atoms with van der Waals surface area (Å²) in [7, 11) is 0. The van der Waals surface area contributed by atoms with Crippen molar-refractivity contribution in [1.29, 1.82) is 0 Å². The van der Waals surface area contributed by atoms with E-state index in [0.717, 1.165) is 35.3 Å². The Morgan fingerprint density at radius 3 is 2.68 bits per heavy atom. The number of aryl methyl sites for hydroxylation is 1. The van der Waals surface area contributed by atoms with Gasteiger partial charge < -0.3 is 20.1 Å². The number of carbonyl (C=O) groups is 1. The van der Waals surface area contributed by atoms with Gasteiger partial charge in [0.1, 0.15) is 0 Å². The van der Waals surface area contributed by atoms with E-state index in [-0.39, 0.29) is 17.9 Å². The van der Waals surface area contributed by atoms with E-state index in [1.165, 1.54) is 12.8 Å². The molecule has 2 N–H and O–H groups in total. The van der Waals surface area contributed by atoms with E-state index in [4.69, 9.17) is 4.74 Å². The van der Waals surface area contributed by atoms with Crippen LogP contribution in [-0.2, 0) is 11.3 Å². The average Bonchev–Trinajstić information content (AvgIpc) is 3.27. The van der Waals surface area contributed by atoms with Crippen LogP contribution in [0, 0.1) is 6.92 Å². The lowest BCUT2D eigenvalue weighted by molar-refractivity contribution is 0.0659. The maximum atomic E-state index is 13.0. The molecule has 162 valence electrons. The van der Waals surface area contributed by atoms with E-state index in [0.29, 0.717) is 23.4 Å². The molecule has 1 fully saturated rings. The van der Waals surface area contributed by atoms with Crippen molar-refractivity contribution in [2.45, 2.75) is 46.3 Å². The molecule has 2 heterocycles. The maximum absolute atomic E-state index is 13.0. The average molecular weight is 420 g/mol. The summed E-state index contributed by atoms with van der Waals surface area (Å²) in [6, 6.07) is 13.0. The van der Waals surface area contributed by atoms with E-state index < -0.39 is 0 Å². The summed E-state index contributed by atoms with van der Waals surface area (Å²) >= 11 is 0. The molecule has 6 heteroatoms. The third-order valence-electron chi connectivity index (χ3n) is 5.62. The lowest BCUT2D eigenvalue weighted by Gasteiger charge is -2.22. The summed E-state index contributed by atoms with van der Waals surface area (Å²) in [5.41, 5.74) is 5.09. The Labute approximate surface area is 182 Å². The number of benzene rings is 2. The van der Waals surface area contributed by atoms with Crippen molar-refractivity contribution >= 4 is 28.2 Å². The lowest BCUT2D eigenvalue weighted by atomic mass is 10.1. The lowest BCUT2D eigenvalue weighted by Crippen LogP contribution is -2.21. The Kier molecular flexibility index (Phi) is 6.09. The van der Waals surface area contributed by atoms with Crippen molar-refractivity contribution in [3.8, 4) is 5.88 Å². The molecule has 1 saturated heterocycles. The molecule has 0 saturated carbocycles. The van der Waals surface area contributed by atoms with E-state index in [1.54, 1.807) is 18.2 Å². The van der Waals surface area contributed by atoms with Crippen LogP contribution in [0.25, 0.3) is 10.9 Å². The SMILES string of the molecule is Cc1cc(O)nc2ccc(NC(=O)c3ccc(N4CCCC4)c(COC(C)C)c3)cc12. The van der Waals surface area contributed by atoms with Crippen molar-refractivity contribution in [3.63, 3.8) is 0 Å². The second-order valence-corrected chi connectivity index (χ2v) is 8.38. The molecular weight excluding hydrogens is 390 g/mol. The fourth-order valence-electron chi connectivity index (χ4n) is 4.02. The molecule has 1 aliphatic rings. The standard InChI is InChI=1S/C25H29N3O3/c1-16(2)31-15-19-13-18(6-9-23(19)28-10-4-5-11-28)25(30)26-20-7-8-22-21(14-20)17(3)12-24(29)27-22/h6-9,12-14,16H,4-5,10-11,15H2,1-3H3,(H,26,30)(H,27,29). The van der Waals surface area contributed by atoms with Crippen molar-refractivity contribution in [3.05, 3.63) is 59.2 Å². The smallest absolute Gasteiger partial charge is 0.255 e. The van der Waals surface area contributed by atoms with Crippen molar-refractivity contribution in [2.24, 2.45) is 0 Å². The maximum Gasteiger partial charge on any atom is 0.255 e. The zero-order chi connectivity index (χ0) is 22.0. The Hall–Kier alpha value is -3.12. The Balaban J connectivity index is 1.59. The predicted octanol–water partition coefficient (Wildman–Crippen LogP) is 5.03. The number of carbonyl (C=O) groups excluding carboxylic acids is 1. The molecular formula is C25H29N3O3. The Bertz CT molecular complexity index is 1100. The van der Waals surface area contributed by atoms with Crippen LogP contribution in [0.4, 0.5) is 11.4 Å². The normalized spacial score (nSPS) is 13.9. The minimum atomic E-state index is -0.164. The number of anilines is 2. The molecule has 1 aliphatic heterocycles. The number of rotatable bonds is 6. The first-order valence-corrected chi connectivity index (χ1v) is 10.8. The van der Waals surface area contributed by atoms with Gasteiger partial charge >= 0.3 is 0 Å². The second-order valence-electron chi connectivity index (χ2n) is 8.38. The quantitative estimate of drug-likeness (QED) is 0.586. The molecule has 3 aromatic rings. The minimum absolute atomic E-state index is 0.00368. The van der Waals surface area contributed by atoms with Gasteiger partial charge in [0.25, 0.3) is 5.91 Å². The summed E-state index contributed by atoms with van der Waals surface area (Å²) in [5, 5.41) is 13.6. The van der Waals surface area contributed by atoms with Gasteiger partial charge in [-0.1, -0.05) is 0 Å². The second kappa shape index (κ2) is 8.94. The fourth-order valence-corrected chi connectivity index (χ4v) is 4.02. The summed E-state index contributed by atoms with van der Waals surface area (Å²) in [6.07, 6.45) is 2.51. The van der Waals surface area contributed by atoms with Gasteiger partial charge in [0.15, 0.2) is 0 Å². The molecule has 4 rings (SSSR count). The first-order chi connectivity index (χ1) is 14.9. The van der Waals surface area contributed by atoms with Gasteiger partial charge in [0.2, 0.25) is 5.88 Å². The van der Waals surface area contributed by atoms with E-state index in [1.807, 2.05) is 45.0 Å². The van der Waals surface area contributed by atoms with Crippen LogP contribution >= 0.6 is 0 Å². The summed E-state index contributed by atoms with van der Waals surface area (Å²) < 4.78 is 5.87. The molecule has 31 heavy (non-hydrogen) atoms. The highest BCUT2D eigenvalue weighted by atomic mass is 16.5. The van der Waals surface area contributed by atoms with E-state index >= 15 is 0 Å². The van der Waals surface area contributed by atoms with Gasteiger partial charge in [-0.3, -0.25) is 4.79 Å². The number of amides is 1. The zero-order valence-corrected chi connectivity index (χ0v) is 18.3. The van der Waals surface area contributed by atoms with Gasteiger partial charge in [-0.25, -0.2) is 4.98 Å². The number of nitrogens with zero attached hydrogens (tertiary/aromatic N) is 2. The molecule has 6 nitrogen and oxygen atoms in total. The van der Waals surface area contributed by atoms with Crippen LogP contribution in [0.15, 0.2) is 42.5 Å². The Morgan fingerprint density at radius 2 is 1.94 bits per heavy atom. The van der Waals surface area contributed by atoms with Gasteiger partial charge in [0, 0.05) is 47.0 Å². The number of aromatic nitrogens is 1. The van der Waals surface area contributed by atoms with Crippen LogP contribution in [0.2, 0.25) is 0 Å². The van der Waals surface area contributed by atoms with Crippen molar-refractivity contribution in [2.75, 3.05) is 23.3 Å². The van der Waals surface area contributed by atoms with E-state index in [2.05, 4.69) is 15.2 Å². The molecule has 0 bridgehead atoms. The highest BCUT2D eigenvalue weighted by molar-refractivity contribution is 6.05. The van der Waals surface area contributed by atoms with Crippen molar-refractivity contribution in [1.82, 2.24) is 4.98 Å². The summed E-state index contributed by atoms with van der Waals surface area (Å²) in [4.78, 5) is 19.5. The number of hydrogen-bond donors (Lipinski definition) is 2. The largest absolute Gasteiger partial charge is 0.493 e. The van der Waals surface area contributed by atoms with Crippen LogP contribution in [-0.4, -0.2) is 35.2 Å². The topological polar surface area (TPSA) is 74.7 Å². The van der Waals surface area contributed by atoms with E-state index in [9.17, 15) is 9.90 Å². The number of hydrogen-bond acceptors (Lipinski definition) is 5. The monoisotopic (exact) mass is 419 g/mol. The van der Waals surface area contributed by atoms with Crippen LogP contribution in [0.3, 0.4) is 0 Å². The third kappa shape index (κ3) is 4.80. The van der Waals surface area contributed by atoms with Gasteiger partial charge in [0.05, 0.1) is 18.2 Å². The first kappa shape index (κ1) is 21.1. The molecule has 0 atom stereocenters. The molecule has 0 radical (unpaired) electrons. The van der Waals surface area contributed by atoms with Gasteiger partial charge in [-0.2, -0.15) is 0 Å². The van der Waals surface area contributed by atoms with Gasteiger partial charge in [-0.05, 0) is 75.6 Å². The van der Waals surface area contributed by atoms with Crippen LogP contribution < -0.4 is 10.2 Å². The molecule has 0 unspecified atom stereocenters. The van der Waals surface area contributed by atoms with Crippen LogP contribution in [0.5, 0.6) is 5.88 Å². The van der Waals surface area contributed by atoms with Crippen molar-refractivity contribution < 1.29 is 14.6 Å². The minimum Gasteiger partial charge on any atom is -0.493 e. The number of pyridine rings is 1. The predicted molar refractivity (Wildman–Crippen MR) is 124 cm³/mol. The summed E-state index contributed by atoms with van der Waals surface area (Å²) in [6.45, 7) is 8.51. The number of nitrogens with one attached hydrogen (secondary N) is 1. The van der Waals surface area contributed by atoms with Crippen LogP contribution in [0.1, 0.15) is 48.2 Å². The molecule has 0 spiro atoms. The zero-order valence-electron chi connectivity index (χ0n) is 18.3. The Morgan fingerprint density at radius 1 is 1.16 bits per heavy atom. The molecule has 1 aromatic heterocycles. The van der Waals surface area contributed by atoms with Gasteiger partial charge in [-0.15, -0.1) is 0 Å². The third-order valence-corrected chi connectivity index (χ3v) is 5.62. The highest BCUT2D eigenvalue weighted by Gasteiger charge is 2.18. The fraction of sp³-hybridized carbons (Fsp3) is 0.360. The highest BCUT2D eigenvalue weighted by Crippen LogP contribution is 2.28. The number of ether oxygens (including phenoxy) is 1.